The average Bonchev–Trinajstić information content (AvgIpc) is 3.05. The summed E-state index contributed by atoms with van der Waals surface area (Å²) in [6.07, 6.45) is 1.12. The summed E-state index contributed by atoms with van der Waals surface area (Å²) in [4.78, 5) is 12.0. The number of amides is 1. The molecule has 0 fully saturated rings. The second-order valence-corrected chi connectivity index (χ2v) is 5.48. The molecule has 24 heavy (non-hydrogen) atoms. The highest BCUT2D eigenvalue weighted by atomic mass is 19.1. The third-order valence-electron chi connectivity index (χ3n) is 3.71. The molecule has 4 nitrogen and oxygen atoms in total. The van der Waals surface area contributed by atoms with Crippen LogP contribution in [0.15, 0.2) is 59.1 Å². The molecule has 0 unspecified atom stereocenters. The van der Waals surface area contributed by atoms with Gasteiger partial charge in [0.05, 0.1) is 6.42 Å². The van der Waals surface area contributed by atoms with Crippen molar-refractivity contribution in [3.8, 4) is 11.3 Å². The van der Waals surface area contributed by atoms with E-state index in [2.05, 4.69) is 17.4 Å². The third-order valence-corrected chi connectivity index (χ3v) is 3.71. The van der Waals surface area contributed by atoms with E-state index in [-0.39, 0.29) is 24.0 Å². The maximum absolute atomic E-state index is 12.9. The molecule has 1 N–H and O–H groups in total. The van der Waals surface area contributed by atoms with Gasteiger partial charge in [-0.1, -0.05) is 48.5 Å². The molecule has 0 saturated carbocycles. The van der Waals surface area contributed by atoms with Gasteiger partial charge >= 0.3 is 0 Å². The zero-order valence-corrected chi connectivity index (χ0v) is 13.3. The van der Waals surface area contributed by atoms with Crippen molar-refractivity contribution in [1.82, 2.24) is 5.16 Å². The quantitative estimate of drug-likeness (QED) is 0.764. The summed E-state index contributed by atoms with van der Waals surface area (Å²) in [5, 5.41) is 6.63. The van der Waals surface area contributed by atoms with Crippen LogP contribution in [0, 0.1) is 5.82 Å². The lowest BCUT2D eigenvalue weighted by Crippen LogP contribution is -2.13. The summed E-state index contributed by atoms with van der Waals surface area (Å²) in [6.45, 7) is 2.10. The number of hydrogen-bond acceptors (Lipinski definition) is 3. The van der Waals surface area contributed by atoms with Crippen LogP contribution in [-0.4, -0.2) is 11.1 Å². The zero-order chi connectivity index (χ0) is 16.9. The number of hydrogen-bond donors (Lipinski definition) is 1. The van der Waals surface area contributed by atoms with Crippen molar-refractivity contribution in [1.29, 1.82) is 0 Å². The predicted molar refractivity (Wildman–Crippen MR) is 90.1 cm³/mol. The van der Waals surface area contributed by atoms with Gasteiger partial charge in [0.15, 0.2) is 0 Å². The summed E-state index contributed by atoms with van der Waals surface area (Å²) in [5.74, 6) is -0.282. The Morgan fingerprint density at radius 1 is 1.08 bits per heavy atom. The number of rotatable bonds is 5. The molecule has 122 valence electrons. The Kier molecular flexibility index (Phi) is 4.70. The van der Waals surface area contributed by atoms with Crippen LogP contribution < -0.4 is 5.32 Å². The fraction of sp³-hybridized carbons (Fsp3) is 0.158. The minimum absolute atomic E-state index is 0.140. The Hall–Kier alpha value is -2.95. The molecular weight excluding hydrogens is 307 g/mol. The van der Waals surface area contributed by atoms with Gasteiger partial charge in [0, 0.05) is 11.6 Å². The highest BCUT2D eigenvalue weighted by molar-refractivity contribution is 5.91. The Morgan fingerprint density at radius 3 is 2.42 bits per heavy atom. The smallest absolute Gasteiger partial charge is 0.231 e. The van der Waals surface area contributed by atoms with Crippen LogP contribution in [0.5, 0.6) is 0 Å². The first-order valence-corrected chi connectivity index (χ1v) is 7.74. The monoisotopic (exact) mass is 324 g/mol. The molecule has 3 aromatic rings. The van der Waals surface area contributed by atoms with Crippen molar-refractivity contribution < 1.29 is 13.7 Å². The Labute approximate surface area is 139 Å². The van der Waals surface area contributed by atoms with Crippen LogP contribution in [0.25, 0.3) is 11.3 Å². The number of anilines is 1. The van der Waals surface area contributed by atoms with Gasteiger partial charge in [-0.3, -0.25) is 10.1 Å². The van der Waals surface area contributed by atoms with Crippen molar-refractivity contribution in [3.63, 3.8) is 0 Å². The Balaban J connectivity index is 1.64. The van der Waals surface area contributed by atoms with Crippen LogP contribution in [-0.2, 0) is 17.6 Å². The first kappa shape index (κ1) is 15.9. The number of nitrogens with one attached hydrogen (secondary N) is 1. The molecule has 0 radical (unpaired) electrons. The third kappa shape index (κ3) is 3.87. The van der Waals surface area contributed by atoms with E-state index in [1.54, 1.807) is 18.2 Å². The molecule has 1 aromatic heterocycles. The molecule has 3 rings (SSSR count). The molecule has 2 aromatic carbocycles. The lowest BCUT2D eigenvalue weighted by Gasteiger charge is -2.01. The summed E-state index contributed by atoms with van der Waals surface area (Å²) < 4.78 is 18.0. The van der Waals surface area contributed by atoms with E-state index in [0.717, 1.165) is 17.5 Å². The van der Waals surface area contributed by atoms with Crippen LogP contribution in [0.4, 0.5) is 10.3 Å². The second-order valence-electron chi connectivity index (χ2n) is 5.48. The molecule has 1 amide bonds. The van der Waals surface area contributed by atoms with Crippen LogP contribution >= 0.6 is 0 Å². The normalized spacial score (nSPS) is 10.6. The summed E-state index contributed by atoms with van der Waals surface area (Å²) in [5.41, 5.74) is 3.56. The molecule has 0 atom stereocenters. The number of aryl methyl sites for hydroxylation is 1. The Bertz CT molecular complexity index is 823. The van der Waals surface area contributed by atoms with Crippen LogP contribution in [0.3, 0.4) is 0 Å². The van der Waals surface area contributed by atoms with Gasteiger partial charge in [0.1, 0.15) is 11.5 Å². The number of benzene rings is 2. The summed E-state index contributed by atoms with van der Waals surface area (Å²) in [6, 6.07) is 15.5. The van der Waals surface area contributed by atoms with Crippen LogP contribution in [0.2, 0.25) is 0 Å². The predicted octanol–water partition coefficient (Wildman–Crippen LogP) is 4.22. The first-order valence-electron chi connectivity index (χ1n) is 7.74. The second kappa shape index (κ2) is 7.08. The van der Waals surface area contributed by atoms with Gasteiger partial charge in [0.2, 0.25) is 11.8 Å². The SMILES string of the molecule is CCc1ccc(-c2cc(NC(=O)Cc3ccc(F)cc3)on2)cc1. The largest absolute Gasteiger partial charge is 0.338 e. The van der Waals surface area contributed by atoms with E-state index in [1.165, 1.54) is 17.7 Å². The molecule has 0 aliphatic heterocycles. The van der Waals surface area contributed by atoms with E-state index >= 15 is 0 Å². The topological polar surface area (TPSA) is 55.1 Å². The fourth-order valence-corrected chi connectivity index (χ4v) is 2.35. The summed E-state index contributed by atoms with van der Waals surface area (Å²) >= 11 is 0. The van der Waals surface area contributed by atoms with Gasteiger partial charge in [-0.2, -0.15) is 0 Å². The van der Waals surface area contributed by atoms with E-state index < -0.39 is 0 Å². The number of halogens is 1. The van der Waals surface area contributed by atoms with Gasteiger partial charge in [-0.15, -0.1) is 0 Å². The van der Waals surface area contributed by atoms with Gasteiger partial charge in [0.25, 0.3) is 0 Å². The van der Waals surface area contributed by atoms with Gasteiger partial charge < -0.3 is 4.52 Å². The minimum atomic E-state index is -0.326. The molecule has 5 heteroatoms. The van der Waals surface area contributed by atoms with E-state index in [1.807, 2.05) is 24.3 Å². The van der Waals surface area contributed by atoms with E-state index in [0.29, 0.717) is 5.69 Å². The average molecular weight is 324 g/mol. The molecule has 0 bridgehead atoms. The number of carbonyl (C=O) groups is 1. The van der Waals surface area contributed by atoms with Crippen molar-refractivity contribution in [2.45, 2.75) is 19.8 Å². The lowest BCUT2D eigenvalue weighted by atomic mass is 10.1. The van der Waals surface area contributed by atoms with Crippen LogP contribution in [0.1, 0.15) is 18.1 Å². The van der Waals surface area contributed by atoms with Crippen molar-refractivity contribution >= 4 is 11.8 Å². The Morgan fingerprint density at radius 2 is 1.75 bits per heavy atom. The molecule has 0 aliphatic rings. The maximum Gasteiger partial charge on any atom is 0.231 e. The summed E-state index contributed by atoms with van der Waals surface area (Å²) in [7, 11) is 0. The maximum atomic E-state index is 12.9. The van der Waals surface area contributed by atoms with Gasteiger partial charge in [-0.25, -0.2) is 4.39 Å². The lowest BCUT2D eigenvalue weighted by molar-refractivity contribution is -0.115. The molecular formula is C19H17FN2O2. The van der Waals surface area contributed by atoms with E-state index in [9.17, 15) is 9.18 Å². The number of nitrogens with zero attached hydrogens (tertiary/aromatic N) is 1. The standard InChI is InChI=1S/C19H17FN2O2/c1-2-13-3-7-15(8-4-13)17-12-19(24-22-17)21-18(23)11-14-5-9-16(20)10-6-14/h3-10,12H,2,11H2,1H3,(H,21,23). The first-order chi connectivity index (χ1) is 11.6. The van der Waals surface area contributed by atoms with Crippen molar-refractivity contribution in [2.24, 2.45) is 0 Å². The zero-order valence-electron chi connectivity index (χ0n) is 13.3. The molecule has 0 aliphatic carbocycles. The van der Waals surface area contributed by atoms with E-state index in [4.69, 9.17) is 4.52 Å². The van der Waals surface area contributed by atoms with Crippen molar-refractivity contribution in [3.05, 3.63) is 71.5 Å². The molecule has 1 heterocycles. The molecule has 0 saturated heterocycles. The van der Waals surface area contributed by atoms with Crippen molar-refractivity contribution in [2.75, 3.05) is 5.32 Å². The highest BCUT2D eigenvalue weighted by Gasteiger charge is 2.10. The molecule has 0 spiro atoms. The number of carbonyl (C=O) groups excluding carboxylic acids is 1. The van der Waals surface area contributed by atoms with Gasteiger partial charge in [-0.05, 0) is 29.7 Å². The minimum Gasteiger partial charge on any atom is -0.338 e. The fourth-order valence-electron chi connectivity index (χ4n) is 2.35. The number of aromatic nitrogens is 1. The highest BCUT2D eigenvalue weighted by Crippen LogP contribution is 2.22.